The van der Waals surface area contributed by atoms with Gasteiger partial charge in [-0.25, -0.2) is 9.48 Å². The Bertz CT molecular complexity index is 1130. The predicted molar refractivity (Wildman–Crippen MR) is 107 cm³/mol. The maximum atomic E-state index is 12.7. The van der Waals surface area contributed by atoms with Gasteiger partial charge in [-0.15, -0.1) is 5.10 Å². The molecule has 4 N–H and O–H groups in total. The minimum Gasteiger partial charge on any atom is -0.394 e. The van der Waals surface area contributed by atoms with Crippen molar-refractivity contribution in [3.8, 4) is 0 Å². The number of aliphatic hydroxyl groups is 4. The van der Waals surface area contributed by atoms with Crippen LogP contribution in [0.15, 0.2) is 41.3 Å². The third-order valence-corrected chi connectivity index (χ3v) is 5.70. The summed E-state index contributed by atoms with van der Waals surface area (Å²) in [6.07, 6.45) is -4.63. The van der Waals surface area contributed by atoms with Crippen molar-refractivity contribution in [2.45, 2.75) is 44.0 Å². The Morgan fingerprint density at radius 3 is 2.63 bits per heavy atom. The number of halogens is 1. The highest BCUT2D eigenvalue weighted by Crippen LogP contribution is 2.34. The number of nitrogens with zero attached hydrogens (tertiary/aromatic N) is 3. The third-order valence-electron chi connectivity index (χ3n) is 5.34. The summed E-state index contributed by atoms with van der Waals surface area (Å²) in [4.78, 5) is 12.7. The van der Waals surface area contributed by atoms with E-state index in [4.69, 9.17) is 16.3 Å². The van der Waals surface area contributed by atoms with Gasteiger partial charge < -0.3 is 25.2 Å². The van der Waals surface area contributed by atoms with Crippen LogP contribution in [0.2, 0.25) is 5.02 Å². The number of rotatable bonds is 4. The highest BCUT2D eigenvalue weighted by molar-refractivity contribution is 6.31. The molecular weight excluding hydrogens is 414 g/mol. The lowest BCUT2D eigenvalue weighted by Gasteiger charge is -2.40. The van der Waals surface area contributed by atoms with Crippen molar-refractivity contribution in [1.29, 1.82) is 0 Å². The monoisotopic (exact) mass is 435 g/mol. The van der Waals surface area contributed by atoms with Crippen LogP contribution in [0.25, 0.3) is 5.65 Å². The number of fused-ring (bicyclic) bond motifs is 1. The third kappa shape index (κ3) is 3.64. The topological polar surface area (TPSA) is 129 Å². The summed E-state index contributed by atoms with van der Waals surface area (Å²) >= 11 is 6.32. The zero-order valence-electron chi connectivity index (χ0n) is 16.1. The second-order valence-electron chi connectivity index (χ2n) is 7.48. The number of aromatic nitrogens is 3. The lowest BCUT2D eigenvalue weighted by atomic mass is 9.90. The van der Waals surface area contributed by atoms with E-state index < -0.39 is 37.1 Å². The van der Waals surface area contributed by atoms with Crippen molar-refractivity contribution in [1.82, 2.24) is 14.2 Å². The molecule has 0 unspecified atom stereocenters. The first-order chi connectivity index (χ1) is 14.3. The number of pyridine rings is 1. The van der Waals surface area contributed by atoms with Gasteiger partial charge in [0, 0.05) is 11.2 Å². The fraction of sp³-hybridized carbons (Fsp3) is 0.400. The van der Waals surface area contributed by atoms with E-state index in [1.165, 1.54) is 9.08 Å². The molecule has 9 nitrogen and oxygen atoms in total. The molecule has 3 heterocycles. The highest BCUT2D eigenvalue weighted by atomic mass is 35.5. The van der Waals surface area contributed by atoms with Crippen molar-refractivity contribution in [2.75, 3.05) is 6.61 Å². The molecule has 1 aliphatic heterocycles. The van der Waals surface area contributed by atoms with Gasteiger partial charge in [-0.2, -0.15) is 0 Å². The average molecular weight is 436 g/mol. The lowest BCUT2D eigenvalue weighted by Crippen LogP contribution is -2.55. The Kier molecular flexibility index (Phi) is 5.67. The van der Waals surface area contributed by atoms with Crippen LogP contribution in [0, 0.1) is 6.92 Å². The summed E-state index contributed by atoms with van der Waals surface area (Å²) in [5.41, 5.74) is 2.16. The Labute approximate surface area is 176 Å². The standard InChI is InChI=1S/C20H22ClN3O6/c1-10-2-5-15-22-24(20(29)23(15)7-10)8-12-6-11(3-4-13(12)21)19-18(28)17(27)16(26)14(9-25)30-19/h2-7,14,16-19,25-28H,8-9H2,1H3/t14-,16-,17+,18+,19+/m1/s1. The van der Waals surface area contributed by atoms with Gasteiger partial charge in [0.05, 0.1) is 13.2 Å². The molecule has 0 radical (unpaired) electrons. The molecule has 0 saturated carbocycles. The van der Waals surface area contributed by atoms with Gasteiger partial charge in [-0.05, 0) is 41.8 Å². The molecule has 30 heavy (non-hydrogen) atoms. The zero-order chi connectivity index (χ0) is 21.6. The van der Waals surface area contributed by atoms with Crippen LogP contribution in [0.3, 0.4) is 0 Å². The second kappa shape index (κ2) is 8.10. The van der Waals surface area contributed by atoms with Crippen LogP contribution < -0.4 is 5.69 Å². The van der Waals surface area contributed by atoms with Gasteiger partial charge in [0.2, 0.25) is 0 Å². The van der Waals surface area contributed by atoms with Gasteiger partial charge in [0.1, 0.15) is 30.5 Å². The van der Waals surface area contributed by atoms with Crippen molar-refractivity contribution in [3.05, 3.63) is 68.7 Å². The Morgan fingerprint density at radius 2 is 1.90 bits per heavy atom. The van der Waals surface area contributed by atoms with E-state index in [9.17, 15) is 25.2 Å². The van der Waals surface area contributed by atoms with Gasteiger partial charge in [-0.1, -0.05) is 23.7 Å². The second-order valence-corrected chi connectivity index (χ2v) is 7.88. The Morgan fingerprint density at radius 1 is 1.13 bits per heavy atom. The lowest BCUT2D eigenvalue weighted by molar-refractivity contribution is -0.231. The summed E-state index contributed by atoms with van der Waals surface area (Å²) in [5.74, 6) is 0. The fourth-order valence-corrected chi connectivity index (χ4v) is 3.84. The van der Waals surface area contributed by atoms with E-state index in [-0.39, 0.29) is 12.2 Å². The zero-order valence-corrected chi connectivity index (χ0v) is 16.8. The normalized spacial score (nSPS) is 26.9. The van der Waals surface area contributed by atoms with Gasteiger partial charge >= 0.3 is 5.69 Å². The van der Waals surface area contributed by atoms with Gasteiger partial charge in [0.25, 0.3) is 0 Å². The molecule has 0 amide bonds. The molecule has 1 saturated heterocycles. The van der Waals surface area contributed by atoms with E-state index in [1.807, 2.05) is 13.0 Å². The van der Waals surface area contributed by atoms with Crippen molar-refractivity contribution in [2.24, 2.45) is 0 Å². The maximum absolute atomic E-state index is 12.7. The largest absolute Gasteiger partial charge is 0.394 e. The van der Waals surface area contributed by atoms with E-state index in [1.54, 1.807) is 30.5 Å². The number of hydrogen-bond acceptors (Lipinski definition) is 7. The first-order valence-corrected chi connectivity index (χ1v) is 9.82. The average Bonchev–Trinajstić information content (AvgIpc) is 3.03. The van der Waals surface area contributed by atoms with Crippen LogP contribution in [-0.4, -0.2) is 65.6 Å². The summed E-state index contributed by atoms with van der Waals surface area (Å²) in [6.45, 7) is 1.45. The van der Waals surface area contributed by atoms with Crippen LogP contribution in [0.4, 0.5) is 0 Å². The van der Waals surface area contributed by atoms with E-state index in [2.05, 4.69) is 5.10 Å². The van der Waals surface area contributed by atoms with E-state index in [0.29, 0.717) is 21.8 Å². The van der Waals surface area contributed by atoms with Crippen LogP contribution in [0.1, 0.15) is 22.8 Å². The summed E-state index contributed by atoms with van der Waals surface area (Å²) < 4.78 is 8.34. The quantitative estimate of drug-likeness (QED) is 0.454. The molecule has 1 fully saturated rings. The number of benzene rings is 1. The molecular formula is C20H22ClN3O6. The van der Waals surface area contributed by atoms with Crippen molar-refractivity contribution < 1.29 is 25.2 Å². The Balaban J connectivity index is 1.67. The maximum Gasteiger partial charge on any atom is 0.350 e. The molecule has 1 aliphatic rings. The van der Waals surface area contributed by atoms with E-state index in [0.717, 1.165) is 5.56 Å². The molecule has 1 aromatic carbocycles. The molecule has 0 spiro atoms. The molecule has 0 bridgehead atoms. The first kappa shape index (κ1) is 21.0. The number of ether oxygens (including phenoxy) is 1. The summed E-state index contributed by atoms with van der Waals surface area (Å²) in [6, 6.07) is 8.47. The predicted octanol–water partition coefficient (Wildman–Crippen LogP) is 0.0210. The smallest absolute Gasteiger partial charge is 0.350 e. The minimum absolute atomic E-state index is 0.0870. The molecule has 0 aliphatic carbocycles. The first-order valence-electron chi connectivity index (χ1n) is 9.45. The molecule has 5 atom stereocenters. The van der Waals surface area contributed by atoms with Crippen LogP contribution in [-0.2, 0) is 11.3 Å². The highest BCUT2D eigenvalue weighted by Gasteiger charge is 2.44. The minimum atomic E-state index is -1.48. The number of hydrogen-bond donors (Lipinski definition) is 4. The SMILES string of the molecule is Cc1ccc2nn(Cc3cc([C@@H]4O[C@H](CO)[C@@H](O)[C@H](O)[C@@H]4O)ccc3Cl)c(=O)n2c1. The molecule has 2 aromatic heterocycles. The van der Waals surface area contributed by atoms with Crippen LogP contribution in [0.5, 0.6) is 0 Å². The molecule has 160 valence electrons. The summed E-state index contributed by atoms with van der Waals surface area (Å²) in [7, 11) is 0. The molecule has 4 rings (SSSR count). The van der Waals surface area contributed by atoms with Crippen LogP contribution >= 0.6 is 11.6 Å². The number of aryl methyl sites for hydroxylation is 1. The van der Waals surface area contributed by atoms with Gasteiger partial charge in [0.15, 0.2) is 5.65 Å². The van der Waals surface area contributed by atoms with E-state index >= 15 is 0 Å². The number of aliphatic hydroxyl groups excluding tert-OH is 4. The Hall–Kier alpha value is -2.27. The van der Waals surface area contributed by atoms with Crippen molar-refractivity contribution >= 4 is 17.2 Å². The molecule has 10 heteroatoms. The van der Waals surface area contributed by atoms with Gasteiger partial charge in [-0.3, -0.25) is 4.40 Å². The molecule has 3 aromatic rings. The fourth-order valence-electron chi connectivity index (χ4n) is 3.66. The van der Waals surface area contributed by atoms with Crippen molar-refractivity contribution in [3.63, 3.8) is 0 Å². The summed E-state index contributed by atoms with van der Waals surface area (Å²) in [5, 5.41) is 44.5.